The van der Waals surface area contributed by atoms with Crippen LogP contribution in [0.3, 0.4) is 0 Å². The van der Waals surface area contributed by atoms with Crippen molar-refractivity contribution in [1.82, 2.24) is 14.5 Å². The lowest BCUT2D eigenvalue weighted by molar-refractivity contribution is 0.690. The van der Waals surface area contributed by atoms with Gasteiger partial charge in [0.2, 0.25) is 4.77 Å². The minimum Gasteiger partial charge on any atom is -0.303 e. The molecule has 0 saturated carbocycles. The molecule has 2 rings (SSSR count). The highest BCUT2D eigenvalue weighted by Crippen LogP contribution is 2.07. The summed E-state index contributed by atoms with van der Waals surface area (Å²) in [6.07, 6.45) is 3.68. The van der Waals surface area contributed by atoms with E-state index < -0.39 is 0 Å². The highest BCUT2D eigenvalue weighted by molar-refractivity contribution is 7.98. The smallest absolute Gasteiger partial charge is 0.203 e. The molecular weight excluding hydrogens is 238 g/mol. The fourth-order valence-electron chi connectivity index (χ4n) is 1.33. The molecule has 5 heteroatoms. The molecule has 0 spiro atoms. The molecule has 0 amide bonds. The SMILES string of the molecule is CSc1ncn(Cc2ccccc2)c(=S)n1. The van der Waals surface area contributed by atoms with Crippen LogP contribution in [0.5, 0.6) is 0 Å². The summed E-state index contributed by atoms with van der Waals surface area (Å²) in [5.74, 6) is 0. The lowest BCUT2D eigenvalue weighted by Gasteiger charge is -2.06. The van der Waals surface area contributed by atoms with Gasteiger partial charge < -0.3 is 4.57 Å². The summed E-state index contributed by atoms with van der Waals surface area (Å²) in [4.78, 5) is 8.42. The average molecular weight is 249 g/mol. The Labute approximate surface area is 104 Å². The summed E-state index contributed by atoms with van der Waals surface area (Å²) in [7, 11) is 0. The average Bonchev–Trinajstić information content (AvgIpc) is 2.33. The van der Waals surface area contributed by atoms with Gasteiger partial charge in [0.25, 0.3) is 0 Å². The Hall–Kier alpha value is -1.20. The molecule has 3 nitrogen and oxygen atoms in total. The van der Waals surface area contributed by atoms with Gasteiger partial charge in [-0.1, -0.05) is 42.1 Å². The Morgan fingerprint density at radius 2 is 2.06 bits per heavy atom. The number of rotatable bonds is 3. The number of hydrogen-bond acceptors (Lipinski definition) is 4. The Kier molecular flexibility index (Phi) is 3.69. The topological polar surface area (TPSA) is 30.7 Å². The summed E-state index contributed by atoms with van der Waals surface area (Å²) in [6.45, 7) is 0.717. The van der Waals surface area contributed by atoms with E-state index in [1.807, 2.05) is 29.0 Å². The fourth-order valence-corrected chi connectivity index (χ4v) is 1.92. The normalized spacial score (nSPS) is 10.3. The van der Waals surface area contributed by atoms with Crippen LogP contribution in [0.1, 0.15) is 5.56 Å². The third kappa shape index (κ3) is 2.68. The van der Waals surface area contributed by atoms with Crippen molar-refractivity contribution in [3.05, 3.63) is 47.0 Å². The molecule has 1 aromatic carbocycles. The second-order valence-corrected chi connectivity index (χ2v) is 4.38. The van der Waals surface area contributed by atoms with Gasteiger partial charge in [-0.05, 0) is 24.0 Å². The van der Waals surface area contributed by atoms with Crippen molar-refractivity contribution in [3.8, 4) is 0 Å². The molecule has 0 unspecified atom stereocenters. The minimum absolute atomic E-state index is 0.572. The first-order valence-electron chi connectivity index (χ1n) is 4.81. The summed E-state index contributed by atoms with van der Waals surface area (Å²) >= 11 is 6.70. The van der Waals surface area contributed by atoms with Crippen molar-refractivity contribution in [2.45, 2.75) is 11.7 Å². The zero-order valence-electron chi connectivity index (χ0n) is 8.83. The molecule has 0 aliphatic heterocycles. The Bertz CT molecular complexity index is 522. The van der Waals surface area contributed by atoms with Crippen LogP contribution in [0.25, 0.3) is 0 Å². The van der Waals surface area contributed by atoms with E-state index in [4.69, 9.17) is 12.2 Å². The molecule has 1 heterocycles. The number of thioether (sulfide) groups is 1. The molecular formula is C11H11N3S2. The summed E-state index contributed by atoms with van der Waals surface area (Å²) in [5, 5.41) is 0.717. The van der Waals surface area contributed by atoms with Gasteiger partial charge in [-0.15, -0.1) is 0 Å². The molecule has 16 heavy (non-hydrogen) atoms. The zero-order chi connectivity index (χ0) is 11.4. The molecule has 1 aromatic heterocycles. The van der Waals surface area contributed by atoms with E-state index in [9.17, 15) is 0 Å². The maximum atomic E-state index is 5.20. The number of nitrogens with zero attached hydrogens (tertiary/aromatic N) is 3. The van der Waals surface area contributed by atoms with Gasteiger partial charge in [-0.3, -0.25) is 0 Å². The minimum atomic E-state index is 0.572. The maximum absolute atomic E-state index is 5.20. The first kappa shape index (κ1) is 11.3. The first-order chi connectivity index (χ1) is 7.79. The largest absolute Gasteiger partial charge is 0.303 e. The lowest BCUT2D eigenvalue weighted by atomic mass is 10.2. The molecule has 0 saturated heterocycles. The van der Waals surface area contributed by atoms with Gasteiger partial charge in [0.1, 0.15) is 6.33 Å². The number of hydrogen-bond donors (Lipinski definition) is 0. The third-order valence-electron chi connectivity index (χ3n) is 2.12. The van der Waals surface area contributed by atoms with E-state index in [2.05, 4.69) is 22.1 Å². The summed E-state index contributed by atoms with van der Waals surface area (Å²) in [6, 6.07) is 10.1. The second-order valence-electron chi connectivity index (χ2n) is 3.24. The zero-order valence-corrected chi connectivity index (χ0v) is 10.5. The molecule has 0 bridgehead atoms. The van der Waals surface area contributed by atoms with Gasteiger partial charge in [-0.25, -0.2) is 4.98 Å². The molecule has 0 atom stereocenters. The van der Waals surface area contributed by atoms with E-state index in [-0.39, 0.29) is 0 Å². The van der Waals surface area contributed by atoms with Crippen molar-refractivity contribution in [1.29, 1.82) is 0 Å². The van der Waals surface area contributed by atoms with E-state index in [1.54, 1.807) is 6.33 Å². The van der Waals surface area contributed by atoms with Crippen molar-refractivity contribution in [2.24, 2.45) is 0 Å². The highest BCUT2D eigenvalue weighted by atomic mass is 32.2. The van der Waals surface area contributed by atoms with Gasteiger partial charge in [0, 0.05) is 0 Å². The Morgan fingerprint density at radius 3 is 2.69 bits per heavy atom. The van der Waals surface area contributed by atoms with Gasteiger partial charge in [-0.2, -0.15) is 4.98 Å². The predicted octanol–water partition coefficient (Wildman–Crippen LogP) is 2.78. The molecule has 0 aliphatic carbocycles. The van der Waals surface area contributed by atoms with E-state index in [1.165, 1.54) is 17.3 Å². The summed E-state index contributed by atoms with van der Waals surface area (Å²) < 4.78 is 2.44. The molecule has 0 radical (unpaired) electrons. The first-order valence-corrected chi connectivity index (χ1v) is 6.44. The predicted molar refractivity (Wildman–Crippen MR) is 68.2 cm³/mol. The van der Waals surface area contributed by atoms with Crippen molar-refractivity contribution in [2.75, 3.05) is 6.26 Å². The quantitative estimate of drug-likeness (QED) is 0.618. The van der Waals surface area contributed by atoms with Crippen LogP contribution in [-0.2, 0) is 6.54 Å². The molecule has 2 aromatic rings. The lowest BCUT2D eigenvalue weighted by Crippen LogP contribution is -2.05. The van der Waals surface area contributed by atoms with Gasteiger partial charge >= 0.3 is 0 Å². The summed E-state index contributed by atoms with van der Waals surface area (Å²) in [5.41, 5.74) is 1.19. The second kappa shape index (κ2) is 5.23. The standard InChI is InChI=1S/C11H11N3S2/c1-16-10-12-8-14(11(15)13-10)7-9-5-3-2-4-6-9/h2-6,8H,7H2,1H3. The van der Waals surface area contributed by atoms with Crippen LogP contribution >= 0.6 is 24.0 Å². The van der Waals surface area contributed by atoms with Gasteiger partial charge in [0.05, 0.1) is 6.54 Å². The van der Waals surface area contributed by atoms with E-state index in [0.29, 0.717) is 16.5 Å². The van der Waals surface area contributed by atoms with Crippen LogP contribution < -0.4 is 0 Å². The number of aromatic nitrogens is 3. The molecule has 82 valence electrons. The van der Waals surface area contributed by atoms with Gasteiger partial charge in [0.15, 0.2) is 5.16 Å². The van der Waals surface area contributed by atoms with Crippen molar-refractivity contribution < 1.29 is 0 Å². The van der Waals surface area contributed by atoms with Crippen LogP contribution in [-0.4, -0.2) is 20.8 Å². The van der Waals surface area contributed by atoms with E-state index >= 15 is 0 Å². The van der Waals surface area contributed by atoms with Crippen molar-refractivity contribution in [3.63, 3.8) is 0 Å². The van der Waals surface area contributed by atoms with Crippen LogP contribution in [0, 0.1) is 4.77 Å². The Balaban J connectivity index is 2.26. The fraction of sp³-hybridized carbons (Fsp3) is 0.182. The molecule has 0 N–H and O–H groups in total. The number of benzene rings is 1. The monoisotopic (exact) mass is 249 g/mol. The maximum Gasteiger partial charge on any atom is 0.203 e. The van der Waals surface area contributed by atoms with Crippen LogP contribution in [0.4, 0.5) is 0 Å². The molecule has 0 fully saturated rings. The van der Waals surface area contributed by atoms with E-state index in [0.717, 1.165) is 0 Å². The Morgan fingerprint density at radius 1 is 1.31 bits per heavy atom. The van der Waals surface area contributed by atoms with Crippen molar-refractivity contribution >= 4 is 24.0 Å². The van der Waals surface area contributed by atoms with Crippen LogP contribution in [0.15, 0.2) is 41.8 Å². The third-order valence-corrected chi connectivity index (χ3v) is 3.01. The highest BCUT2D eigenvalue weighted by Gasteiger charge is 1.98. The molecule has 0 aliphatic rings. The van der Waals surface area contributed by atoms with Crippen LogP contribution in [0.2, 0.25) is 0 Å².